The van der Waals surface area contributed by atoms with Crippen molar-refractivity contribution in [2.45, 2.75) is 44.3 Å². The van der Waals surface area contributed by atoms with Crippen molar-refractivity contribution in [3.05, 3.63) is 69.8 Å². The minimum Gasteiger partial charge on any atom is -0.398 e. The molecule has 15 heteroatoms. The Balaban J connectivity index is 1.59. The first-order chi connectivity index (χ1) is 20.1. The van der Waals surface area contributed by atoms with Gasteiger partial charge in [0.25, 0.3) is 11.6 Å². The number of aliphatic imine (C=N–C) groups is 1. The molecular weight excluding hydrogens is 546 g/mol. The van der Waals surface area contributed by atoms with Gasteiger partial charge in [-0.1, -0.05) is 24.3 Å². The van der Waals surface area contributed by atoms with E-state index in [9.17, 15) is 29.3 Å². The van der Waals surface area contributed by atoms with Crippen molar-refractivity contribution in [2.24, 2.45) is 16.5 Å². The first-order valence-electron chi connectivity index (χ1n) is 13.4. The van der Waals surface area contributed by atoms with Crippen LogP contribution in [-0.2, 0) is 20.9 Å². The zero-order valence-corrected chi connectivity index (χ0v) is 23.0. The molecule has 9 N–H and O–H groups in total. The van der Waals surface area contributed by atoms with Crippen LogP contribution in [-0.4, -0.2) is 71.1 Å². The number of non-ortho nitro benzene ring substituents is 1. The van der Waals surface area contributed by atoms with Crippen molar-refractivity contribution in [3.63, 3.8) is 0 Å². The molecule has 15 nitrogen and oxygen atoms in total. The van der Waals surface area contributed by atoms with Gasteiger partial charge >= 0.3 is 0 Å². The number of carbonyl (C=O) groups excluding carboxylic acids is 4. The van der Waals surface area contributed by atoms with Gasteiger partial charge in [-0.25, -0.2) is 0 Å². The number of nitrogens with zero attached hydrogens (tertiary/aromatic N) is 3. The van der Waals surface area contributed by atoms with E-state index in [2.05, 4.69) is 20.9 Å². The second-order valence-corrected chi connectivity index (χ2v) is 9.67. The molecule has 0 aliphatic carbocycles. The third-order valence-corrected chi connectivity index (χ3v) is 6.65. The molecule has 42 heavy (non-hydrogen) atoms. The van der Waals surface area contributed by atoms with Gasteiger partial charge in [0.15, 0.2) is 5.96 Å². The lowest BCUT2D eigenvalue weighted by Gasteiger charge is -2.26. The van der Waals surface area contributed by atoms with Crippen LogP contribution in [0.1, 0.15) is 41.6 Å². The molecule has 2 aromatic carbocycles. The Labute approximate surface area is 242 Å². The number of guanidine groups is 1. The van der Waals surface area contributed by atoms with Crippen molar-refractivity contribution < 1.29 is 24.1 Å². The Hall–Kier alpha value is -5.21. The summed E-state index contributed by atoms with van der Waals surface area (Å²) in [7, 11) is 0. The minimum absolute atomic E-state index is 0.0699. The fraction of sp³-hybridized carbons (Fsp3) is 0.370. The molecule has 1 fully saturated rings. The molecule has 0 spiro atoms. The number of hydrogen-bond acceptors (Lipinski definition) is 8. The van der Waals surface area contributed by atoms with Crippen LogP contribution in [0.2, 0.25) is 0 Å². The SMILES string of the molecule is NC(N)=NCCCC(NC(=O)C1CCCN1C(=O)c1ccccc1N)C(=O)NCC(=O)NCc1ccc([N+](=O)[O-])cc1. The van der Waals surface area contributed by atoms with Gasteiger partial charge in [0.1, 0.15) is 12.1 Å². The molecule has 2 atom stereocenters. The number of hydrogen-bond donors (Lipinski definition) is 6. The Morgan fingerprint density at radius 3 is 2.45 bits per heavy atom. The lowest BCUT2D eigenvalue weighted by atomic mass is 10.1. The summed E-state index contributed by atoms with van der Waals surface area (Å²) in [6, 6.07) is 10.5. The molecule has 0 bridgehead atoms. The predicted molar refractivity (Wildman–Crippen MR) is 155 cm³/mol. The third kappa shape index (κ3) is 8.90. The number of nitro benzene ring substituents is 1. The highest BCUT2D eigenvalue weighted by molar-refractivity contribution is 6.02. The van der Waals surface area contributed by atoms with Crippen molar-refractivity contribution in [1.29, 1.82) is 0 Å². The number of para-hydroxylation sites is 1. The van der Waals surface area contributed by atoms with Crippen LogP contribution in [0.25, 0.3) is 0 Å². The molecule has 3 rings (SSSR count). The van der Waals surface area contributed by atoms with Crippen molar-refractivity contribution in [3.8, 4) is 0 Å². The zero-order valence-electron chi connectivity index (χ0n) is 23.0. The number of likely N-dealkylation sites (tertiary alicyclic amines) is 1. The smallest absolute Gasteiger partial charge is 0.269 e. The molecule has 1 aliphatic heterocycles. The summed E-state index contributed by atoms with van der Waals surface area (Å²) in [4.78, 5) is 67.4. The number of benzene rings is 2. The van der Waals surface area contributed by atoms with Gasteiger partial charge < -0.3 is 38.1 Å². The number of carbonyl (C=O) groups is 4. The summed E-state index contributed by atoms with van der Waals surface area (Å²) in [6.07, 6.45) is 1.55. The number of nitrogens with two attached hydrogens (primary N) is 3. The van der Waals surface area contributed by atoms with Crippen molar-refractivity contribution in [1.82, 2.24) is 20.9 Å². The van der Waals surface area contributed by atoms with Gasteiger partial charge in [-0.3, -0.25) is 34.3 Å². The number of rotatable bonds is 13. The predicted octanol–water partition coefficient (Wildman–Crippen LogP) is -0.247. The first-order valence-corrected chi connectivity index (χ1v) is 13.4. The number of nitrogens with one attached hydrogen (secondary N) is 3. The molecular formula is C27H35N9O6. The first kappa shape index (κ1) is 31.3. The van der Waals surface area contributed by atoms with Crippen LogP contribution in [0.5, 0.6) is 0 Å². The van der Waals surface area contributed by atoms with E-state index in [0.717, 1.165) is 0 Å². The summed E-state index contributed by atoms with van der Waals surface area (Å²) in [5.41, 5.74) is 17.9. The molecule has 2 unspecified atom stereocenters. The normalized spacial score (nSPS) is 14.9. The summed E-state index contributed by atoms with van der Waals surface area (Å²) in [6.45, 7) is 0.316. The summed E-state index contributed by atoms with van der Waals surface area (Å²) in [5.74, 6) is -2.07. The molecule has 4 amide bonds. The summed E-state index contributed by atoms with van der Waals surface area (Å²) >= 11 is 0. The fourth-order valence-electron chi connectivity index (χ4n) is 4.46. The topological polar surface area (TPSA) is 241 Å². The number of nitro groups is 1. The highest BCUT2D eigenvalue weighted by atomic mass is 16.6. The highest BCUT2D eigenvalue weighted by Gasteiger charge is 2.36. The van der Waals surface area contributed by atoms with Crippen molar-refractivity contribution >= 4 is 41.0 Å². The maximum atomic E-state index is 13.3. The average Bonchev–Trinajstić information content (AvgIpc) is 3.46. The molecule has 0 saturated carbocycles. The van der Waals surface area contributed by atoms with E-state index >= 15 is 0 Å². The van der Waals surface area contributed by atoms with Crippen LogP contribution in [0.4, 0.5) is 11.4 Å². The maximum Gasteiger partial charge on any atom is 0.269 e. The minimum atomic E-state index is -1.02. The number of anilines is 1. The molecule has 224 valence electrons. The van der Waals surface area contributed by atoms with E-state index in [-0.39, 0.29) is 43.6 Å². The van der Waals surface area contributed by atoms with E-state index in [0.29, 0.717) is 42.6 Å². The third-order valence-electron chi connectivity index (χ3n) is 6.65. The maximum absolute atomic E-state index is 13.3. The lowest BCUT2D eigenvalue weighted by molar-refractivity contribution is -0.384. The van der Waals surface area contributed by atoms with Crippen LogP contribution < -0.4 is 33.2 Å². The molecule has 1 heterocycles. The Kier molecular flexibility index (Phi) is 11.2. The van der Waals surface area contributed by atoms with E-state index < -0.39 is 34.7 Å². The Morgan fingerprint density at radius 2 is 1.79 bits per heavy atom. The second-order valence-electron chi connectivity index (χ2n) is 9.67. The summed E-state index contributed by atoms with van der Waals surface area (Å²) < 4.78 is 0. The van der Waals surface area contributed by atoms with E-state index in [1.54, 1.807) is 24.3 Å². The molecule has 1 aliphatic rings. The second kappa shape index (κ2) is 15.0. The molecule has 1 saturated heterocycles. The largest absolute Gasteiger partial charge is 0.398 e. The van der Waals surface area contributed by atoms with Crippen molar-refractivity contribution in [2.75, 3.05) is 25.4 Å². The van der Waals surface area contributed by atoms with Gasteiger partial charge in [0.2, 0.25) is 17.7 Å². The van der Waals surface area contributed by atoms with Gasteiger partial charge in [-0.05, 0) is 43.4 Å². The van der Waals surface area contributed by atoms with Gasteiger partial charge in [0.05, 0.1) is 17.0 Å². The molecule has 2 aromatic rings. The van der Waals surface area contributed by atoms with Gasteiger partial charge in [-0.15, -0.1) is 0 Å². The van der Waals surface area contributed by atoms with E-state index in [4.69, 9.17) is 17.2 Å². The molecule has 0 aromatic heterocycles. The van der Waals surface area contributed by atoms with Gasteiger partial charge in [-0.2, -0.15) is 0 Å². The standard InChI is InChI=1S/C27H35N9O6/c28-20-6-2-1-5-19(20)26(40)35-14-4-8-22(35)25(39)34-21(7-3-13-31-27(29)30)24(38)33-16-23(37)32-15-17-9-11-18(12-10-17)36(41)42/h1-2,5-6,9-12,21-22H,3-4,7-8,13-16,28H2,(H,32,37)(H,33,38)(H,34,39)(H4,29,30,31). The highest BCUT2D eigenvalue weighted by Crippen LogP contribution is 2.23. The average molecular weight is 582 g/mol. The Morgan fingerprint density at radius 1 is 1.07 bits per heavy atom. The summed E-state index contributed by atoms with van der Waals surface area (Å²) in [5, 5.41) is 18.6. The van der Waals surface area contributed by atoms with E-state index in [1.807, 2.05) is 0 Å². The molecule has 0 radical (unpaired) electrons. The quantitative estimate of drug-likeness (QED) is 0.0456. The van der Waals surface area contributed by atoms with Crippen LogP contribution in [0.15, 0.2) is 53.5 Å². The zero-order chi connectivity index (χ0) is 30.6. The van der Waals surface area contributed by atoms with Crippen LogP contribution in [0, 0.1) is 10.1 Å². The lowest BCUT2D eigenvalue weighted by Crippen LogP contribution is -2.54. The van der Waals surface area contributed by atoms with Crippen LogP contribution >= 0.6 is 0 Å². The van der Waals surface area contributed by atoms with Crippen LogP contribution in [0.3, 0.4) is 0 Å². The monoisotopic (exact) mass is 581 g/mol. The van der Waals surface area contributed by atoms with E-state index in [1.165, 1.54) is 29.2 Å². The van der Waals surface area contributed by atoms with Gasteiger partial charge in [0, 0.05) is 37.5 Å². The number of nitrogen functional groups attached to an aromatic ring is 1. The number of amides is 4. The Bertz CT molecular complexity index is 1330. The fourth-order valence-corrected chi connectivity index (χ4v) is 4.46.